The van der Waals surface area contributed by atoms with Crippen LogP contribution in [0.4, 0.5) is 0 Å². The fourth-order valence-electron chi connectivity index (χ4n) is 1.17. The van der Waals surface area contributed by atoms with Gasteiger partial charge in [0.15, 0.2) is 5.78 Å². The molecule has 1 aliphatic rings. The van der Waals surface area contributed by atoms with E-state index in [1.54, 1.807) is 0 Å². The number of rotatable bonds is 0. The Morgan fingerprint density at radius 3 is 2.70 bits per heavy atom. The Hall–Kier alpha value is -0.410. The maximum Gasteiger partial charge on any atom is 0.163 e. The van der Waals surface area contributed by atoms with E-state index < -0.39 is 12.2 Å². The second-order valence-electron chi connectivity index (χ2n) is 2.72. The predicted octanol–water partition coefficient (Wildman–Crippen LogP) is -0.149. The van der Waals surface area contributed by atoms with Gasteiger partial charge in [-0.1, -0.05) is 6.42 Å². The van der Waals surface area contributed by atoms with Crippen molar-refractivity contribution in [3.8, 4) is 0 Å². The van der Waals surface area contributed by atoms with Crippen LogP contribution in [0.3, 0.4) is 0 Å². The van der Waals surface area contributed by atoms with E-state index in [0.717, 1.165) is 12.8 Å². The Kier molecular flexibility index (Phi) is 2.40. The third kappa shape index (κ3) is 1.55. The lowest BCUT2D eigenvalue weighted by molar-refractivity contribution is -0.131. The zero-order valence-corrected chi connectivity index (χ0v) is 5.79. The van der Waals surface area contributed by atoms with Gasteiger partial charge in [-0.15, -0.1) is 0 Å². The second kappa shape index (κ2) is 3.12. The summed E-state index contributed by atoms with van der Waals surface area (Å²) in [6.07, 6.45) is 0.652. The summed E-state index contributed by atoms with van der Waals surface area (Å²) in [5.41, 5.74) is 0. The van der Waals surface area contributed by atoms with Gasteiger partial charge in [0.25, 0.3) is 0 Å². The van der Waals surface area contributed by atoms with Gasteiger partial charge in [0, 0.05) is 6.42 Å². The van der Waals surface area contributed by atoms with E-state index in [9.17, 15) is 4.79 Å². The zero-order valence-electron chi connectivity index (χ0n) is 5.79. The van der Waals surface area contributed by atoms with E-state index in [4.69, 9.17) is 10.2 Å². The maximum absolute atomic E-state index is 10.8. The molecule has 0 spiro atoms. The average Bonchev–Trinajstić information content (AvgIpc) is 2.04. The molecule has 2 atom stereocenters. The van der Waals surface area contributed by atoms with Crippen molar-refractivity contribution in [2.45, 2.75) is 37.9 Å². The quantitative estimate of drug-likeness (QED) is 0.465. The lowest BCUT2D eigenvalue weighted by atomic mass is 10.1. The van der Waals surface area contributed by atoms with Crippen molar-refractivity contribution in [2.75, 3.05) is 0 Å². The first kappa shape index (κ1) is 7.69. The van der Waals surface area contributed by atoms with E-state index in [2.05, 4.69) is 0 Å². The molecule has 1 saturated carbocycles. The number of aliphatic hydroxyl groups excluding tert-OH is 2. The molecule has 10 heavy (non-hydrogen) atoms. The van der Waals surface area contributed by atoms with Gasteiger partial charge in [-0.25, -0.2) is 0 Å². The third-order valence-corrected chi connectivity index (χ3v) is 1.87. The van der Waals surface area contributed by atoms with Gasteiger partial charge in [-0.2, -0.15) is 0 Å². The summed E-state index contributed by atoms with van der Waals surface area (Å²) >= 11 is 0. The molecular formula is C7H12O3. The minimum atomic E-state index is -1.12. The Bertz CT molecular complexity index is 133. The minimum Gasteiger partial charge on any atom is -0.390 e. The summed E-state index contributed by atoms with van der Waals surface area (Å²) < 4.78 is 0. The number of hydrogen-bond acceptors (Lipinski definition) is 3. The first-order valence-corrected chi connectivity index (χ1v) is 3.60. The third-order valence-electron chi connectivity index (χ3n) is 1.87. The normalized spacial score (nSPS) is 35.6. The van der Waals surface area contributed by atoms with Crippen molar-refractivity contribution in [3.05, 3.63) is 0 Å². The van der Waals surface area contributed by atoms with E-state index in [1.165, 1.54) is 0 Å². The topological polar surface area (TPSA) is 57.5 Å². The molecule has 0 heterocycles. The van der Waals surface area contributed by atoms with Crippen LogP contribution in [0.2, 0.25) is 0 Å². The lowest BCUT2D eigenvalue weighted by Crippen LogP contribution is -2.31. The number of hydrogen-bond donors (Lipinski definition) is 2. The monoisotopic (exact) mass is 144 g/mol. The number of ketones is 1. The molecule has 0 aromatic carbocycles. The number of aliphatic hydroxyl groups is 2. The summed E-state index contributed by atoms with van der Waals surface area (Å²) in [6.45, 7) is 0. The molecule has 0 amide bonds. The minimum absolute atomic E-state index is 0.218. The van der Waals surface area contributed by atoms with Crippen LogP contribution < -0.4 is 0 Å². The summed E-state index contributed by atoms with van der Waals surface area (Å²) in [5.74, 6) is -0.218. The Balaban J connectivity index is 2.55. The highest BCUT2D eigenvalue weighted by molar-refractivity contribution is 5.83. The summed E-state index contributed by atoms with van der Waals surface area (Å²) in [6, 6.07) is 0. The molecule has 0 saturated heterocycles. The largest absolute Gasteiger partial charge is 0.390 e. The first-order chi connectivity index (χ1) is 4.72. The first-order valence-electron chi connectivity index (χ1n) is 3.60. The fourth-order valence-corrected chi connectivity index (χ4v) is 1.17. The van der Waals surface area contributed by atoms with Crippen molar-refractivity contribution >= 4 is 5.78 Å². The standard InChI is InChI=1S/C7H12O3/c8-5-3-1-2-4-6(9)7(5)10/h5,7-8,10H,1-4H2/t5-,7+/m0/s1. The summed E-state index contributed by atoms with van der Waals surface area (Å²) in [4.78, 5) is 10.8. The predicted molar refractivity (Wildman–Crippen MR) is 35.5 cm³/mol. The van der Waals surface area contributed by atoms with E-state index in [1.807, 2.05) is 0 Å². The molecule has 0 radical (unpaired) electrons. The van der Waals surface area contributed by atoms with Gasteiger partial charge < -0.3 is 10.2 Å². The highest BCUT2D eigenvalue weighted by Crippen LogP contribution is 2.14. The lowest BCUT2D eigenvalue weighted by Gasteiger charge is -2.11. The van der Waals surface area contributed by atoms with E-state index in [-0.39, 0.29) is 5.78 Å². The number of Topliss-reactive ketones (excluding diaryl/α,β-unsaturated/α-hetero) is 1. The smallest absolute Gasteiger partial charge is 0.163 e. The molecule has 58 valence electrons. The molecule has 0 aliphatic heterocycles. The highest BCUT2D eigenvalue weighted by atomic mass is 16.3. The van der Waals surface area contributed by atoms with Crippen LogP contribution >= 0.6 is 0 Å². The molecule has 3 heteroatoms. The highest BCUT2D eigenvalue weighted by Gasteiger charge is 2.25. The molecule has 1 fully saturated rings. The van der Waals surface area contributed by atoms with Crippen LogP contribution in [0.5, 0.6) is 0 Å². The number of carbonyl (C=O) groups excluding carboxylic acids is 1. The van der Waals surface area contributed by atoms with Crippen LogP contribution in [-0.2, 0) is 4.79 Å². The molecule has 3 nitrogen and oxygen atoms in total. The molecule has 0 bridgehead atoms. The van der Waals surface area contributed by atoms with Crippen LogP contribution in [0.15, 0.2) is 0 Å². The van der Waals surface area contributed by atoms with Crippen LogP contribution in [0, 0.1) is 0 Å². The van der Waals surface area contributed by atoms with E-state index >= 15 is 0 Å². The molecular weight excluding hydrogens is 132 g/mol. The molecule has 2 N–H and O–H groups in total. The van der Waals surface area contributed by atoms with Gasteiger partial charge in [0.1, 0.15) is 6.10 Å². The van der Waals surface area contributed by atoms with Gasteiger partial charge in [-0.05, 0) is 12.8 Å². The summed E-state index contributed by atoms with van der Waals surface area (Å²) in [5, 5.41) is 18.1. The number of carbonyl (C=O) groups is 1. The molecule has 0 unspecified atom stereocenters. The van der Waals surface area contributed by atoms with Crippen molar-refractivity contribution in [1.29, 1.82) is 0 Å². The maximum atomic E-state index is 10.8. The van der Waals surface area contributed by atoms with E-state index in [0.29, 0.717) is 12.8 Å². The van der Waals surface area contributed by atoms with Gasteiger partial charge in [0.05, 0.1) is 6.10 Å². The van der Waals surface area contributed by atoms with Gasteiger partial charge in [-0.3, -0.25) is 4.79 Å². The summed E-state index contributed by atoms with van der Waals surface area (Å²) in [7, 11) is 0. The van der Waals surface area contributed by atoms with Crippen molar-refractivity contribution in [3.63, 3.8) is 0 Å². The van der Waals surface area contributed by atoms with Crippen LogP contribution in [0.1, 0.15) is 25.7 Å². The SMILES string of the molecule is O=C1CCCC[C@H](O)[C@H]1O. The molecule has 1 aliphatic carbocycles. The van der Waals surface area contributed by atoms with Crippen molar-refractivity contribution in [1.82, 2.24) is 0 Å². The average molecular weight is 144 g/mol. The van der Waals surface area contributed by atoms with Crippen molar-refractivity contribution < 1.29 is 15.0 Å². The van der Waals surface area contributed by atoms with Crippen LogP contribution in [0.25, 0.3) is 0 Å². The Labute approximate surface area is 59.7 Å². The Morgan fingerprint density at radius 2 is 2.00 bits per heavy atom. The van der Waals surface area contributed by atoms with Crippen LogP contribution in [-0.4, -0.2) is 28.2 Å². The Morgan fingerprint density at radius 1 is 1.30 bits per heavy atom. The second-order valence-corrected chi connectivity index (χ2v) is 2.72. The zero-order chi connectivity index (χ0) is 7.56. The van der Waals surface area contributed by atoms with Crippen molar-refractivity contribution in [2.24, 2.45) is 0 Å². The molecule has 1 rings (SSSR count). The molecule has 0 aromatic rings. The fraction of sp³-hybridized carbons (Fsp3) is 0.857. The van der Waals surface area contributed by atoms with Gasteiger partial charge >= 0.3 is 0 Å². The van der Waals surface area contributed by atoms with Gasteiger partial charge in [0.2, 0.25) is 0 Å². The molecule has 0 aromatic heterocycles.